The molecule has 0 radical (unpaired) electrons. The second kappa shape index (κ2) is 9.95. The maximum atomic E-state index is 13.3. The van der Waals surface area contributed by atoms with Crippen molar-refractivity contribution in [2.75, 3.05) is 11.6 Å². The predicted octanol–water partition coefficient (Wildman–Crippen LogP) is 4.04. The molecule has 1 heterocycles. The van der Waals surface area contributed by atoms with Gasteiger partial charge in [-0.15, -0.1) is 5.10 Å². The molecule has 1 aliphatic carbocycles. The summed E-state index contributed by atoms with van der Waals surface area (Å²) in [6.07, 6.45) is 7.36. The van der Waals surface area contributed by atoms with E-state index in [1.807, 2.05) is 0 Å². The Morgan fingerprint density at radius 2 is 1.94 bits per heavy atom. The first kappa shape index (κ1) is 25.4. The molecule has 1 aliphatic rings. The molecule has 0 unspecified atom stereocenters. The van der Waals surface area contributed by atoms with Crippen molar-refractivity contribution in [1.29, 1.82) is 0 Å². The Labute approximate surface area is 199 Å². The van der Waals surface area contributed by atoms with Gasteiger partial charge in [0.15, 0.2) is 15.7 Å². The van der Waals surface area contributed by atoms with Gasteiger partial charge in [0.25, 0.3) is 0 Å². The summed E-state index contributed by atoms with van der Waals surface area (Å²) >= 11 is 6.25. The Hall–Kier alpha value is -2.23. The van der Waals surface area contributed by atoms with Crippen LogP contribution in [0.15, 0.2) is 35.4 Å². The van der Waals surface area contributed by atoms with Crippen molar-refractivity contribution in [3.05, 3.63) is 41.0 Å². The number of carbonyl (C=O) groups excluding carboxylic acids is 2. The molecule has 0 saturated heterocycles. The minimum absolute atomic E-state index is 0.0250. The van der Waals surface area contributed by atoms with Gasteiger partial charge in [-0.2, -0.15) is 0 Å². The van der Waals surface area contributed by atoms with Gasteiger partial charge in [0, 0.05) is 18.5 Å². The monoisotopic (exact) mass is 495 g/mol. The fourth-order valence-electron chi connectivity index (χ4n) is 4.20. The molecule has 3 rings (SSSR count). The molecular weight excluding hydrogens is 466 g/mol. The van der Waals surface area contributed by atoms with Crippen molar-refractivity contribution >= 4 is 39.1 Å². The maximum absolute atomic E-state index is 13.3. The van der Waals surface area contributed by atoms with Crippen LogP contribution in [0.25, 0.3) is 0 Å². The number of amides is 1. The van der Waals surface area contributed by atoms with Crippen molar-refractivity contribution in [3.63, 3.8) is 0 Å². The predicted molar refractivity (Wildman–Crippen MR) is 126 cm³/mol. The lowest BCUT2D eigenvalue weighted by Gasteiger charge is -2.21. The highest BCUT2D eigenvalue weighted by atomic mass is 35.5. The Bertz CT molecular complexity index is 1130. The quantitative estimate of drug-likeness (QED) is 0.570. The van der Waals surface area contributed by atoms with Crippen LogP contribution in [0.1, 0.15) is 68.6 Å². The molecule has 33 heavy (non-hydrogen) atoms. The molecule has 0 spiro atoms. The van der Waals surface area contributed by atoms with Crippen LogP contribution in [-0.4, -0.2) is 47.0 Å². The van der Waals surface area contributed by atoms with Crippen molar-refractivity contribution in [1.82, 2.24) is 9.78 Å². The van der Waals surface area contributed by atoms with Gasteiger partial charge in [-0.3, -0.25) is 9.59 Å². The van der Waals surface area contributed by atoms with Crippen LogP contribution in [0.2, 0.25) is 5.02 Å². The summed E-state index contributed by atoms with van der Waals surface area (Å²) in [4.78, 5) is 25.5. The third-order valence-electron chi connectivity index (χ3n) is 5.80. The van der Waals surface area contributed by atoms with Crippen LogP contribution in [0.5, 0.6) is 0 Å². The van der Waals surface area contributed by atoms with E-state index in [9.17, 15) is 23.1 Å². The van der Waals surface area contributed by atoms with Gasteiger partial charge in [-0.1, -0.05) is 43.4 Å². The zero-order valence-corrected chi connectivity index (χ0v) is 20.6. The Balaban J connectivity index is 1.82. The van der Waals surface area contributed by atoms with Crippen molar-refractivity contribution in [3.8, 4) is 0 Å². The average Bonchev–Trinajstić information content (AvgIpc) is 3.35. The zero-order chi connectivity index (χ0) is 24.4. The summed E-state index contributed by atoms with van der Waals surface area (Å²) in [5, 5.41) is 16.8. The number of halogens is 1. The van der Waals surface area contributed by atoms with Gasteiger partial charge in [0.2, 0.25) is 11.8 Å². The van der Waals surface area contributed by atoms with Crippen molar-refractivity contribution < 1.29 is 23.1 Å². The number of anilines is 1. The van der Waals surface area contributed by atoms with Crippen LogP contribution >= 0.6 is 11.6 Å². The minimum Gasteiger partial charge on any atom is -0.390 e. The molecule has 2 aromatic rings. The fourth-order valence-corrected chi connectivity index (χ4v) is 5.54. The number of benzene rings is 1. The lowest BCUT2D eigenvalue weighted by Crippen LogP contribution is -2.27. The lowest BCUT2D eigenvalue weighted by atomic mass is 9.87. The van der Waals surface area contributed by atoms with Crippen molar-refractivity contribution in [2.24, 2.45) is 5.92 Å². The highest BCUT2D eigenvalue weighted by Gasteiger charge is 2.28. The Kier molecular flexibility index (Phi) is 7.65. The largest absolute Gasteiger partial charge is 0.390 e. The number of rotatable bonds is 8. The first-order valence-corrected chi connectivity index (χ1v) is 13.2. The second-order valence-electron chi connectivity index (χ2n) is 9.42. The normalized spacial score (nSPS) is 16.0. The zero-order valence-electron chi connectivity index (χ0n) is 19.0. The van der Waals surface area contributed by atoms with E-state index in [0.29, 0.717) is 17.9 Å². The standard InChI is InChI=1S/C23H30ClN3O5S/c1-23(2,30)14-21(28)27-11-10-20(26-27)25-22(29)17(12-15-6-4-5-7-15)16-8-9-19(18(24)13-16)33(3,31)32/h8-11,13,15,17,30H,4-7,12,14H2,1-3H3,(H,25,26,29)/t17-/m1/s1. The smallest absolute Gasteiger partial charge is 0.249 e. The third-order valence-corrected chi connectivity index (χ3v) is 7.38. The fraction of sp³-hybridized carbons (Fsp3) is 0.522. The lowest BCUT2D eigenvalue weighted by molar-refractivity contribution is -0.118. The molecule has 8 nitrogen and oxygen atoms in total. The minimum atomic E-state index is -3.48. The number of hydrogen-bond acceptors (Lipinski definition) is 6. The number of aliphatic hydroxyl groups is 1. The molecule has 1 aromatic heterocycles. The topological polar surface area (TPSA) is 118 Å². The van der Waals surface area contributed by atoms with E-state index in [0.717, 1.165) is 36.6 Å². The first-order chi connectivity index (χ1) is 15.3. The number of carbonyl (C=O) groups is 2. The van der Waals surface area contributed by atoms with E-state index in [-0.39, 0.29) is 28.1 Å². The molecule has 1 aromatic carbocycles. The van der Waals surface area contributed by atoms with E-state index in [2.05, 4.69) is 10.4 Å². The van der Waals surface area contributed by atoms with Gasteiger partial charge >= 0.3 is 0 Å². The molecule has 10 heteroatoms. The number of sulfone groups is 1. The second-order valence-corrected chi connectivity index (χ2v) is 11.8. The van der Waals surface area contributed by atoms with Crippen LogP contribution in [0.3, 0.4) is 0 Å². The van der Waals surface area contributed by atoms with Gasteiger partial charge in [-0.25, -0.2) is 13.1 Å². The van der Waals surface area contributed by atoms with Crippen molar-refractivity contribution in [2.45, 2.75) is 68.8 Å². The Morgan fingerprint density at radius 1 is 1.27 bits per heavy atom. The number of nitrogens with zero attached hydrogens (tertiary/aromatic N) is 2. The molecule has 1 amide bonds. The molecule has 0 aliphatic heterocycles. The maximum Gasteiger partial charge on any atom is 0.249 e. The van der Waals surface area contributed by atoms with E-state index in [4.69, 9.17) is 11.6 Å². The van der Waals surface area contributed by atoms with Gasteiger partial charge in [0.05, 0.1) is 27.9 Å². The van der Waals surface area contributed by atoms with E-state index in [1.54, 1.807) is 12.1 Å². The number of aromatic nitrogens is 2. The summed E-state index contributed by atoms with van der Waals surface area (Å²) in [5.41, 5.74) is -0.537. The molecule has 180 valence electrons. The Morgan fingerprint density at radius 3 is 2.52 bits per heavy atom. The molecular formula is C23H30ClN3O5S. The van der Waals surface area contributed by atoms with Gasteiger partial charge in [0.1, 0.15) is 0 Å². The summed E-state index contributed by atoms with van der Waals surface area (Å²) < 4.78 is 24.9. The van der Waals surface area contributed by atoms with Gasteiger partial charge in [-0.05, 0) is 43.9 Å². The number of hydrogen-bond donors (Lipinski definition) is 2. The molecule has 1 saturated carbocycles. The van der Waals surface area contributed by atoms with Crippen LogP contribution in [0, 0.1) is 5.92 Å². The molecule has 1 fully saturated rings. The van der Waals surface area contributed by atoms with Crippen LogP contribution in [0.4, 0.5) is 5.82 Å². The first-order valence-electron chi connectivity index (χ1n) is 10.9. The summed E-state index contributed by atoms with van der Waals surface area (Å²) in [6.45, 7) is 3.07. The highest BCUT2D eigenvalue weighted by Crippen LogP contribution is 2.36. The van der Waals surface area contributed by atoms with E-state index < -0.39 is 27.3 Å². The average molecular weight is 496 g/mol. The molecule has 2 N–H and O–H groups in total. The summed E-state index contributed by atoms with van der Waals surface area (Å²) in [7, 11) is -3.48. The van der Waals surface area contributed by atoms with Crippen LogP contribution in [-0.2, 0) is 14.6 Å². The van der Waals surface area contributed by atoms with E-state index in [1.165, 1.54) is 32.2 Å². The molecule has 0 bridgehead atoms. The SMILES string of the molecule is CC(C)(O)CC(=O)n1ccc(NC(=O)[C@H](CC2CCCC2)c2ccc(S(C)(=O)=O)c(Cl)c2)n1. The van der Waals surface area contributed by atoms with Gasteiger partial charge < -0.3 is 10.4 Å². The summed E-state index contributed by atoms with van der Waals surface area (Å²) in [5.74, 6) is -0.630. The van der Waals surface area contributed by atoms with E-state index >= 15 is 0 Å². The number of nitrogens with one attached hydrogen (secondary N) is 1. The third kappa shape index (κ3) is 6.88. The summed E-state index contributed by atoms with van der Waals surface area (Å²) in [6, 6.07) is 6.13. The van der Waals surface area contributed by atoms with Crippen LogP contribution < -0.4 is 5.32 Å². The molecule has 1 atom stereocenters. The highest BCUT2D eigenvalue weighted by molar-refractivity contribution is 7.90.